The molecule has 1 aliphatic heterocycles. The molecule has 5 heteroatoms. The van der Waals surface area contributed by atoms with Crippen molar-refractivity contribution in [2.75, 3.05) is 21.3 Å². The summed E-state index contributed by atoms with van der Waals surface area (Å²) >= 11 is 0. The Balaban J connectivity index is 2.23. The molecule has 0 saturated carbocycles. The Morgan fingerprint density at radius 3 is 2.00 bits per heavy atom. The molecule has 1 aliphatic rings. The lowest BCUT2D eigenvalue weighted by molar-refractivity contribution is -0.148. The molecule has 0 spiro atoms. The molecule has 0 saturated heterocycles. The molecule has 2 aromatic carbocycles. The molecular formula is C21H21NO4. The van der Waals surface area contributed by atoms with Crippen LogP contribution in [0.25, 0.3) is 5.70 Å². The van der Waals surface area contributed by atoms with E-state index in [2.05, 4.69) is 0 Å². The number of hydrogen-bond donors (Lipinski definition) is 0. The highest BCUT2D eigenvalue weighted by Gasteiger charge is 2.48. The Morgan fingerprint density at radius 1 is 0.885 bits per heavy atom. The van der Waals surface area contributed by atoms with Gasteiger partial charge in [0.25, 0.3) is 0 Å². The van der Waals surface area contributed by atoms with E-state index in [4.69, 9.17) is 9.47 Å². The summed E-state index contributed by atoms with van der Waals surface area (Å²) in [5.74, 6) is -1.75. The topological polar surface area (TPSA) is 55.8 Å². The van der Waals surface area contributed by atoms with Crippen molar-refractivity contribution < 1.29 is 19.1 Å². The quantitative estimate of drug-likeness (QED) is 0.793. The molecular weight excluding hydrogens is 330 g/mol. The van der Waals surface area contributed by atoms with Crippen molar-refractivity contribution in [3.05, 3.63) is 77.4 Å². The summed E-state index contributed by atoms with van der Waals surface area (Å²) in [6, 6.07) is 18.8. The van der Waals surface area contributed by atoms with Gasteiger partial charge in [-0.2, -0.15) is 0 Å². The van der Waals surface area contributed by atoms with E-state index in [1.807, 2.05) is 72.6 Å². The van der Waals surface area contributed by atoms with Gasteiger partial charge >= 0.3 is 11.9 Å². The molecule has 0 fully saturated rings. The maximum atomic E-state index is 12.7. The molecule has 2 unspecified atom stereocenters. The normalized spacial score (nSPS) is 19.4. The first-order valence-electron chi connectivity index (χ1n) is 8.33. The highest BCUT2D eigenvalue weighted by Crippen LogP contribution is 2.47. The number of ether oxygens (including phenoxy) is 2. The lowest BCUT2D eigenvalue weighted by atomic mass is 9.89. The first-order chi connectivity index (χ1) is 12.6. The number of carbonyl (C=O) groups excluding carboxylic acids is 2. The van der Waals surface area contributed by atoms with Gasteiger partial charge in [0.05, 0.1) is 31.5 Å². The van der Waals surface area contributed by atoms with E-state index < -0.39 is 17.9 Å². The van der Waals surface area contributed by atoms with E-state index in [9.17, 15) is 9.59 Å². The van der Waals surface area contributed by atoms with Crippen LogP contribution < -0.4 is 0 Å². The third kappa shape index (κ3) is 2.96. The second kappa shape index (κ2) is 7.44. The third-order valence-corrected chi connectivity index (χ3v) is 4.70. The Morgan fingerprint density at radius 2 is 1.46 bits per heavy atom. The molecule has 1 heterocycles. The first kappa shape index (κ1) is 17.7. The molecule has 2 atom stereocenters. The number of nitrogens with zero attached hydrogens (tertiary/aromatic N) is 1. The molecule has 134 valence electrons. The molecule has 0 aliphatic carbocycles. The largest absolute Gasteiger partial charge is 0.468 e. The fourth-order valence-electron chi connectivity index (χ4n) is 3.59. The fourth-order valence-corrected chi connectivity index (χ4v) is 3.59. The van der Waals surface area contributed by atoms with Crippen LogP contribution in [0.4, 0.5) is 0 Å². The molecule has 0 bridgehead atoms. The van der Waals surface area contributed by atoms with Crippen LogP contribution in [0.1, 0.15) is 17.2 Å². The summed E-state index contributed by atoms with van der Waals surface area (Å²) in [5, 5.41) is 0. The number of carbonyl (C=O) groups is 2. The van der Waals surface area contributed by atoms with Gasteiger partial charge in [-0.3, -0.25) is 4.79 Å². The smallest absolute Gasteiger partial charge is 0.336 e. The number of benzene rings is 2. The molecule has 0 aromatic heterocycles. The van der Waals surface area contributed by atoms with Crippen LogP contribution in [0, 0.1) is 5.92 Å². The van der Waals surface area contributed by atoms with Crippen molar-refractivity contribution in [1.82, 2.24) is 4.90 Å². The van der Waals surface area contributed by atoms with Gasteiger partial charge in [0, 0.05) is 7.05 Å². The van der Waals surface area contributed by atoms with Crippen LogP contribution in [0.5, 0.6) is 0 Å². The van der Waals surface area contributed by atoms with Crippen LogP contribution in [0.3, 0.4) is 0 Å². The maximum absolute atomic E-state index is 12.7. The predicted octanol–water partition coefficient (Wildman–Crippen LogP) is 3.05. The minimum absolute atomic E-state index is 0.321. The van der Waals surface area contributed by atoms with Crippen LogP contribution in [-0.4, -0.2) is 38.1 Å². The van der Waals surface area contributed by atoms with Gasteiger partial charge in [-0.25, -0.2) is 4.79 Å². The molecule has 5 nitrogen and oxygen atoms in total. The Hall–Kier alpha value is -3.08. The molecule has 2 aromatic rings. The summed E-state index contributed by atoms with van der Waals surface area (Å²) < 4.78 is 10.0. The van der Waals surface area contributed by atoms with Crippen molar-refractivity contribution in [2.45, 2.75) is 6.04 Å². The lowest BCUT2D eigenvalue weighted by Gasteiger charge is -2.28. The van der Waals surface area contributed by atoms with Crippen LogP contribution in [0.2, 0.25) is 0 Å². The zero-order valence-corrected chi connectivity index (χ0v) is 15.0. The SMILES string of the molecule is COC(=O)C1=C(c2ccccc2)N(C)C(c2ccccc2)C1C(=O)OC. The van der Waals surface area contributed by atoms with Gasteiger partial charge in [-0.05, 0) is 11.1 Å². The van der Waals surface area contributed by atoms with Crippen molar-refractivity contribution >= 4 is 17.6 Å². The van der Waals surface area contributed by atoms with Crippen LogP contribution in [0.15, 0.2) is 66.2 Å². The second-order valence-electron chi connectivity index (χ2n) is 6.09. The van der Waals surface area contributed by atoms with Crippen molar-refractivity contribution in [3.63, 3.8) is 0 Å². The fraction of sp³-hybridized carbons (Fsp3) is 0.238. The molecule has 0 amide bonds. The highest BCUT2D eigenvalue weighted by molar-refractivity contribution is 6.04. The van der Waals surface area contributed by atoms with E-state index >= 15 is 0 Å². The Kier molecular flexibility index (Phi) is 5.07. The summed E-state index contributed by atoms with van der Waals surface area (Å²) in [7, 11) is 4.54. The molecule has 0 N–H and O–H groups in total. The van der Waals surface area contributed by atoms with Crippen molar-refractivity contribution in [2.24, 2.45) is 5.92 Å². The van der Waals surface area contributed by atoms with Gasteiger partial charge in [-0.15, -0.1) is 0 Å². The van der Waals surface area contributed by atoms with E-state index in [1.165, 1.54) is 14.2 Å². The van der Waals surface area contributed by atoms with E-state index in [-0.39, 0.29) is 6.04 Å². The minimum Gasteiger partial charge on any atom is -0.468 e. The Bertz CT molecular complexity index is 830. The summed E-state index contributed by atoms with van der Waals surface area (Å²) in [5.41, 5.74) is 2.78. The van der Waals surface area contributed by atoms with Gasteiger partial charge in [-0.1, -0.05) is 60.7 Å². The van der Waals surface area contributed by atoms with Gasteiger partial charge in [0.15, 0.2) is 0 Å². The van der Waals surface area contributed by atoms with Gasteiger partial charge in [0.2, 0.25) is 0 Å². The lowest BCUT2D eigenvalue weighted by Crippen LogP contribution is -2.30. The average molecular weight is 351 g/mol. The van der Waals surface area contributed by atoms with Crippen molar-refractivity contribution in [3.8, 4) is 0 Å². The predicted molar refractivity (Wildman–Crippen MR) is 97.8 cm³/mol. The first-order valence-corrected chi connectivity index (χ1v) is 8.33. The van der Waals surface area contributed by atoms with E-state index in [1.54, 1.807) is 0 Å². The number of methoxy groups -OCH3 is 2. The second-order valence-corrected chi connectivity index (χ2v) is 6.09. The summed E-state index contributed by atoms with van der Waals surface area (Å²) in [6.07, 6.45) is 0. The Labute approximate surface area is 152 Å². The number of hydrogen-bond acceptors (Lipinski definition) is 5. The number of esters is 2. The standard InChI is InChI=1S/C21H21NO4/c1-22-18(14-10-6-4-7-11-14)16(20(23)25-2)17(21(24)26-3)19(22)15-12-8-5-9-13-15/h4-13,16,18H,1-3H3. The van der Waals surface area contributed by atoms with E-state index in [0.717, 1.165) is 11.1 Å². The van der Waals surface area contributed by atoms with Crippen LogP contribution >= 0.6 is 0 Å². The van der Waals surface area contributed by atoms with Crippen LogP contribution in [-0.2, 0) is 19.1 Å². The molecule has 0 radical (unpaired) electrons. The molecule has 3 rings (SSSR count). The van der Waals surface area contributed by atoms with Gasteiger partial charge < -0.3 is 14.4 Å². The summed E-state index contributed by atoms with van der Waals surface area (Å²) in [4.78, 5) is 27.3. The molecule has 26 heavy (non-hydrogen) atoms. The van der Waals surface area contributed by atoms with Crippen molar-refractivity contribution in [1.29, 1.82) is 0 Å². The zero-order chi connectivity index (χ0) is 18.7. The average Bonchev–Trinajstić information content (AvgIpc) is 3.01. The zero-order valence-electron chi connectivity index (χ0n) is 15.0. The van der Waals surface area contributed by atoms with E-state index in [0.29, 0.717) is 11.3 Å². The van der Waals surface area contributed by atoms with Gasteiger partial charge in [0.1, 0.15) is 5.92 Å². The number of rotatable bonds is 4. The minimum atomic E-state index is -0.768. The monoisotopic (exact) mass is 351 g/mol. The summed E-state index contributed by atoms with van der Waals surface area (Å²) in [6.45, 7) is 0. The maximum Gasteiger partial charge on any atom is 0.336 e. The highest BCUT2D eigenvalue weighted by atomic mass is 16.5. The third-order valence-electron chi connectivity index (χ3n) is 4.70.